The van der Waals surface area contributed by atoms with E-state index in [1.807, 2.05) is 0 Å². The van der Waals surface area contributed by atoms with Crippen LogP contribution in [0.25, 0.3) is 10.8 Å². The van der Waals surface area contributed by atoms with E-state index in [4.69, 9.17) is 0 Å². The molecule has 216 valence electrons. The number of rotatable bonds is 7. The Bertz CT molecular complexity index is 1940. The Morgan fingerprint density at radius 3 is 2.02 bits per heavy atom. The predicted octanol–water partition coefficient (Wildman–Crippen LogP) is 5.60. The number of carbonyl (C=O) groups is 1. The molecule has 0 saturated carbocycles. The van der Waals surface area contributed by atoms with Crippen LogP contribution in [0.15, 0.2) is 91.6 Å². The Kier molecular flexibility index (Phi) is 7.91. The highest BCUT2D eigenvalue weighted by Crippen LogP contribution is 2.55. The van der Waals surface area contributed by atoms with Crippen LogP contribution >= 0.6 is 10.9 Å². The first-order valence-electron chi connectivity index (χ1n) is 11.1. The summed E-state index contributed by atoms with van der Waals surface area (Å²) >= 11 is 0. The molecule has 0 bridgehead atoms. The highest BCUT2D eigenvalue weighted by atomic mass is 32.3. The molecule has 0 radical (unpaired) electrons. The average molecular weight is 624 g/mol. The molecule has 0 aliphatic rings. The fourth-order valence-electron chi connectivity index (χ4n) is 3.81. The quantitative estimate of drug-likeness (QED) is 0.0986. The molecule has 41 heavy (non-hydrogen) atoms. The highest BCUT2D eigenvalue weighted by molar-refractivity contribution is 8.19. The van der Waals surface area contributed by atoms with Gasteiger partial charge in [-0.1, -0.05) is 24.3 Å². The second kappa shape index (κ2) is 10.8. The summed E-state index contributed by atoms with van der Waals surface area (Å²) in [6.45, 7) is 1.54. The maximum Gasteiger partial charge on any atom is 0.296 e. The SMILES string of the molecule is Cc1ccc(N=Nc2c(S(O)(O)O)cc3cc(S(=O)(=O)O)cc(NC(=O)c4ccccc4)c3c2O)c(S(=O)(=O)O)c1. The monoisotopic (exact) mass is 623 g/mol. The Morgan fingerprint density at radius 1 is 0.780 bits per heavy atom. The van der Waals surface area contributed by atoms with Crippen molar-refractivity contribution in [3.63, 3.8) is 0 Å². The lowest BCUT2D eigenvalue weighted by Gasteiger charge is -2.23. The lowest BCUT2D eigenvalue weighted by Crippen LogP contribution is -2.13. The number of anilines is 1. The van der Waals surface area contributed by atoms with E-state index in [1.165, 1.54) is 31.2 Å². The highest BCUT2D eigenvalue weighted by Gasteiger charge is 2.28. The first-order chi connectivity index (χ1) is 19.0. The zero-order chi connectivity index (χ0) is 30.3. The van der Waals surface area contributed by atoms with Gasteiger partial charge in [0.25, 0.3) is 26.1 Å². The minimum Gasteiger partial charge on any atom is -0.505 e. The van der Waals surface area contributed by atoms with Crippen molar-refractivity contribution in [3.05, 3.63) is 77.9 Å². The topological polar surface area (TPSA) is 243 Å². The summed E-state index contributed by atoms with van der Waals surface area (Å²) in [7, 11) is -14.4. The summed E-state index contributed by atoms with van der Waals surface area (Å²) in [5, 5.41) is 20.4. The number of fused-ring (bicyclic) bond motifs is 1. The Hall–Kier alpha value is -3.94. The van der Waals surface area contributed by atoms with E-state index in [9.17, 15) is 49.5 Å². The fourth-order valence-corrected chi connectivity index (χ4v) is 5.74. The van der Waals surface area contributed by atoms with Gasteiger partial charge in [-0.15, -0.1) is 10.2 Å². The molecular weight excluding hydrogens is 602 g/mol. The van der Waals surface area contributed by atoms with E-state index in [-0.39, 0.29) is 22.0 Å². The number of phenols is 1. The van der Waals surface area contributed by atoms with Crippen molar-refractivity contribution >= 4 is 64.8 Å². The summed E-state index contributed by atoms with van der Waals surface area (Å²) < 4.78 is 97.0. The second-order valence-electron chi connectivity index (χ2n) is 8.60. The Morgan fingerprint density at radius 2 is 1.44 bits per heavy atom. The number of amides is 1. The van der Waals surface area contributed by atoms with E-state index < -0.39 is 68.8 Å². The van der Waals surface area contributed by atoms with Gasteiger partial charge >= 0.3 is 0 Å². The maximum atomic E-state index is 12.9. The number of nitrogens with one attached hydrogen (secondary N) is 1. The van der Waals surface area contributed by atoms with Crippen LogP contribution in [0.2, 0.25) is 0 Å². The molecule has 1 amide bonds. The van der Waals surface area contributed by atoms with Crippen molar-refractivity contribution in [1.82, 2.24) is 0 Å². The van der Waals surface area contributed by atoms with Crippen LogP contribution in [0.4, 0.5) is 17.1 Å². The lowest BCUT2D eigenvalue weighted by atomic mass is 10.1. The molecule has 0 unspecified atom stereocenters. The van der Waals surface area contributed by atoms with Gasteiger partial charge in [-0.3, -0.25) is 13.9 Å². The third-order valence-corrected chi connectivity index (χ3v) is 8.27. The Balaban J connectivity index is 2.02. The van der Waals surface area contributed by atoms with Gasteiger partial charge < -0.3 is 24.1 Å². The molecule has 14 nitrogen and oxygen atoms in total. The first kappa shape index (κ1) is 30.0. The maximum absolute atomic E-state index is 12.9. The minimum absolute atomic E-state index is 0.135. The molecule has 0 fully saturated rings. The number of hydrogen-bond donors (Lipinski definition) is 7. The third-order valence-electron chi connectivity index (χ3n) is 5.65. The predicted molar refractivity (Wildman–Crippen MR) is 149 cm³/mol. The van der Waals surface area contributed by atoms with Crippen LogP contribution in [-0.2, 0) is 20.2 Å². The summed E-state index contributed by atoms with van der Waals surface area (Å²) in [4.78, 5) is 10.6. The molecule has 0 spiro atoms. The number of aromatic hydroxyl groups is 1. The van der Waals surface area contributed by atoms with Crippen molar-refractivity contribution in [1.29, 1.82) is 0 Å². The van der Waals surface area contributed by atoms with Gasteiger partial charge in [-0.2, -0.15) is 16.8 Å². The second-order valence-corrected chi connectivity index (χ2v) is 12.9. The van der Waals surface area contributed by atoms with E-state index in [1.54, 1.807) is 18.2 Å². The normalized spacial score (nSPS) is 13.0. The number of aryl methyl sites for hydroxylation is 1. The molecule has 0 heterocycles. The molecule has 4 aromatic carbocycles. The van der Waals surface area contributed by atoms with Gasteiger partial charge in [0.2, 0.25) is 0 Å². The number of carbonyl (C=O) groups excluding carboxylic acids is 1. The van der Waals surface area contributed by atoms with Gasteiger partial charge in [-0.05, 0) is 60.3 Å². The zero-order valence-electron chi connectivity index (χ0n) is 20.7. The number of azo groups is 1. The summed E-state index contributed by atoms with van der Waals surface area (Å²) in [5.74, 6) is -1.70. The average Bonchev–Trinajstić information content (AvgIpc) is 2.87. The van der Waals surface area contributed by atoms with Crippen molar-refractivity contribution in [2.75, 3.05) is 5.32 Å². The molecule has 0 aliphatic heterocycles. The standard InChI is InChI=1S/C24H21N3O11S3/c1-13-7-8-17(19(9-13)40(33,34)35)26-27-22-20(41(36,37)38)11-15-10-16(39(30,31)32)12-18(21(15)23(22)28)25-24(29)14-5-3-2-4-6-14/h2-12,28,36-38H,1H3,(H,25,29)(H,30,31,32)(H,33,34,35). The lowest BCUT2D eigenvalue weighted by molar-refractivity contribution is 0.102. The summed E-state index contributed by atoms with van der Waals surface area (Å²) in [6, 6.07) is 13.8. The molecule has 0 saturated heterocycles. The molecule has 17 heteroatoms. The largest absolute Gasteiger partial charge is 0.505 e. The Labute approximate surface area is 234 Å². The van der Waals surface area contributed by atoms with Gasteiger partial charge in [0.15, 0.2) is 5.75 Å². The van der Waals surface area contributed by atoms with E-state index in [0.717, 1.165) is 24.3 Å². The van der Waals surface area contributed by atoms with Crippen molar-refractivity contribution in [2.45, 2.75) is 21.6 Å². The smallest absolute Gasteiger partial charge is 0.296 e. The zero-order valence-corrected chi connectivity index (χ0v) is 23.1. The minimum atomic E-state index is -4.89. The van der Waals surface area contributed by atoms with Crippen LogP contribution in [0.1, 0.15) is 15.9 Å². The van der Waals surface area contributed by atoms with Crippen molar-refractivity contribution in [3.8, 4) is 5.75 Å². The molecular formula is C24H21N3O11S3. The molecule has 7 N–H and O–H groups in total. The fraction of sp³-hybridized carbons (Fsp3) is 0.0417. The number of nitrogens with zero attached hydrogens (tertiary/aromatic N) is 2. The number of benzene rings is 4. The molecule has 4 rings (SSSR count). The molecule has 0 aliphatic carbocycles. The van der Waals surface area contributed by atoms with Crippen LogP contribution in [0.5, 0.6) is 5.75 Å². The van der Waals surface area contributed by atoms with Crippen molar-refractivity contribution < 1.29 is 49.5 Å². The summed E-state index contributed by atoms with van der Waals surface area (Å²) in [6.07, 6.45) is 0. The van der Waals surface area contributed by atoms with Crippen molar-refractivity contribution in [2.24, 2.45) is 10.2 Å². The number of hydrogen-bond acceptors (Lipinski definition) is 11. The molecule has 4 aromatic rings. The van der Waals surface area contributed by atoms with E-state index in [2.05, 4.69) is 15.5 Å². The van der Waals surface area contributed by atoms with Gasteiger partial charge in [0, 0.05) is 10.9 Å². The van der Waals surface area contributed by atoms with Crippen LogP contribution in [-0.4, -0.2) is 50.6 Å². The van der Waals surface area contributed by atoms with Crippen LogP contribution in [0.3, 0.4) is 0 Å². The van der Waals surface area contributed by atoms with Gasteiger partial charge in [-0.25, -0.2) is 0 Å². The van der Waals surface area contributed by atoms with Gasteiger partial charge in [0.1, 0.15) is 27.1 Å². The molecule has 0 atom stereocenters. The summed E-state index contributed by atoms with van der Waals surface area (Å²) in [5.41, 5.74) is -1.01. The number of phenolic OH excluding ortho intramolecular Hbond substituents is 1. The van der Waals surface area contributed by atoms with E-state index >= 15 is 0 Å². The third kappa shape index (κ3) is 6.53. The van der Waals surface area contributed by atoms with Crippen LogP contribution < -0.4 is 5.32 Å². The van der Waals surface area contributed by atoms with E-state index in [0.29, 0.717) is 5.56 Å². The first-order valence-corrected chi connectivity index (χ1v) is 15.5. The molecule has 0 aromatic heterocycles. The van der Waals surface area contributed by atoms with Gasteiger partial charge in [0.05, 0.1) is 15.5 Å². The van der Waals surface area contributed by atoms with Crippen LogP contribution in [0, 0.1) is 6.92 Å².